The smallest absolute Gasteiger partial charge is 0.00179 e. The van der Waals surface area contributed by atoms with Crippen LogP contribution in [-0.4, -0.2) is 13.1 Å². The number of hydrogen-bond donors (Lipinski definition) is 1. The summed E-state index contributed by atoms with van der Waals surface area (Å²) in [4.78, 5) is 0. The van der Waals surface area contributed by atoms with Gasteiger partial charge < -0.3 is 5.32 Å². The van der Waals surface area contributed by atoms with E-state index in [2.05, 4.69) is 26.1 Å². The van der Waals surface area contributed by atoms with Crippen LogP contribution in [0.4, 0.5) is 0 Å². The van der Waals surface area contributed by atoms with Gasteiger partial charge in [0.25, 0.3) is 0 Å². The van der Waals surface area contributed by atoms with Gasteiger partial charge in [0.05, 0.1) is 0 Å². The van der Waals surface area contributed by atoms with Crippen molar-refractivity contribution in [3.8, 4) is 0 Å². The number of rotatable bonds is 5. The van der Waals surface area contributed by atoms with Crippen molar-refractivity contribution in [2.45, 2.75) is 40.0 Å². The Morgan fingerprint density at radius 2 is 2.08 bits per heavy atom. The molecular formula is C11H23N. The van der Waals surface area contributed by atoms with Crippen molar-refractivity contribution in [3.63, 3.8) is 0 Å². The van der Waals surface area contributed by atoms with Crippen molar-refractivity contribution >= 4 is 0 Å². The fraction of sp³-hybridized carbons (Fsp3) is 1.00. The topological polar surface area (TPSA) is 12.0 Å². The molecule has 0 aromatic rings. The summed E-state index contributed by atoms with van der Waals surface area (Å²) in [6.07, 6.45) is 4.29. The number of nitrogens with one attached hydrogen (secondary N) is 1. The summed E-state index contributed by atoms with van der Waals surface area (Å²) in [5.41, 5.74) is 0. The first-order valence-electron chi connectivity index (χ1n) is 5.50. The molecule has 0 aromatic carbocycles. The molecule has 1 heteroatoms. The first-order chi connectivity index (χ1) is 5.79. The van der Waals surface area contributed by atoms with Crippen LogP contribution in [0, 0.1) is 17.8 Å². The van der Waals surface area contributed by atoms with Crippen LogP contribution >= 0.6 is 0 Å². The molecule has 0 aromatic heterocycles. The van der Waals surface area contributed by atoms with Gasteiger partial charge in [-0.1, -0.05) is 27.2 Å². The highest BCUT2D eigenvalue weighted by Crippen LogP contribution is 2.40. The Bertz CT molecular complexity index is 122. The quantitative estimate of drug-likeness (QED) is 0.667. The van der Waals surface area contributed by atoms with Crippen LogP contribution in [0.15, 0.2) is 0 Å². The van der Waals surface area contributed by atoms with Crippen LogP contribution in [0.3, 0.4) is 0 Å². The van der Waals surface area contributed by atoms with Gasteiger partial charge in [0.15, 0.2) is 0 Å². The van der Waals surface area contributed by atoms with Gasteiger partial charge in [0.2, 0.25) is 0 Å². The predicted molar refractivity (Wildman–Crippen MR) is 54.2 cm³/mol. The van der Waals surface area contributed by atoms with Crippen LogP contribution in [-0.2, 0) is 0 Å². The lowest BCUT2D eigenvalue weighted by molar-refractivity contribution is 0.109. The van der Waals surface area contributed by atoms with Crippen molar-refractivity contribution in [1.29, 1.82) is 0 Å². The molecule has 0 saturated heterocycles. The minimum Gasteiger partial charge on any atom is -0.317 e. The van der Waals surface area contributed by atoms with E-state index in [9.17, 15) is 0 Å². The molecule has 12 heavy (non-hydrogen) atoms. The van der Waals surface area contributed by atoms with E-state index in [1.54, 1.807) is 0 Å². The lowest BCUT2D eigenvalue weighted by atomic mass is 9.67. The maximum absolute atomic E-state index is 3.46. The average molecular weight is 169 g/mol. The van der Waals surface area contributed by atoms with E-state index >= 15 is 0 Å². The summed E-state index contributed by atoms with van der Waals surface area (Å²) < 4.78 is 0. The molecule has 0 aliphatic heterocycles. The SMILES string of the molecule is CCNCC1CCC1C(C)CC. The Balaban J connectivity index is 2.19. The molecule has 1 saturated carbocycles. The second kappa shape index (κ2) is 4.86. The molecule has 1 rings (SSSR count). The zero-order chi connectivity index (χ0) is 8.97. The van der Waals surface area contributed by atoms with Crippen LogP contribution in [0.2, 0.25) is 0 Å². The molecule has 1 N–H and O–H groups in total. The second-order valence-electron chi connectivity index (χ2n) is 4.19. The maximum atomic E-state index is 3.46. The third-order valence-electron chi connectivity index (χ3n) is 3.51. The van der Waals surface area contributed by atoms with Crippen molar-refractivity contribution < 1.29 is 0 Å². The van der Waals surface area contributed by atoms with Gasteiger partial charge in [-0.2, -0.15) is 0 Å². The van der Waals surface area contributed by atoms with E-state index in [1.165, 1.54) is 25.8 Å². The highest BCUT2D eigenvalue weighted by Gasteiger charge is 2.33. The summed E-state index contributed by atoms with van der Waals surface area (Å²) in [5, 5.41) is 3.46. The van der Waals surface area contributed by atoms with E-state index in [0.717, 1.165) is 24.3 Å². The van der Waals surface area contributed by atoms with E-state index < -0.39 is 0 Å². The molecule has 3 atom stereocenters. The summed E-state index contributed by atoms with van der Waals surface area (Å²) in [6, 6.07) is 0. The Kier molecular flexibility index (Phi) is 4.07. The molecule has 0 radical (unpaired) electrons. The van der Waals surface area contributed by atoms with Gasteiger partial charge in [0.1, 0.15) is 0 Å². The zero-order valence-corrected chi connectivity index (χ0v) is 8.77. The van der Waals surface area contributed by atoms with E-state index in [1.807, 2.05) is 0 Å². The molecule has 0 heterocycles. The molecule has 3 unspecified atom stereocenters. The molecule has 1 fully saturated rings. The van der Waals surface area contributed by atoms with Gasteiger partial charge in [-0.05, 0) is 43.7 Å². The van der Waals surface area contributed by atoms with Crippen LogP contribution in [0.5, 0.6) is 0 Å². The molecule has 1 aliphatic rings. The van der Waals surface area contributed by atoms with E-state index in [-0.39, 0.29) is 0 Å². The van der Waals surface area contributed by atoms with Crippen LogP contribution in [0.25, 0.3) is 0 Å². The van der Waals surface area contributed by atoms with Crippen molar-refractivity contribution in [2.75, 3.05) is 13.1 Å². The molecule has 72 valence electrons. The van der Waals surface area contributed by atoms with Crippen LogP contribution < -0.4 is 5.32 Å². The maximum Gasteiger partial charge on any atom is -0.00179 e. The summed E-state index contributed by atoms with van der Waals surface area (Å²) in [5.74, 6) is 2.95. The van der Waals surface area contributed by atoms with Gasteiger partial charge >= 0.3 is 0 Å². The highest BCUT2D eigenvalue weighted by atomic mass is 14.9. The van der Waals surface area contributed by atoms with Gasteiger partial charge in [-0.15, -0.1) is 0 Å². The lowest BCUT2D eigenvalue weighted by Crippen LogP contribution is -2.38. The minimum absolute atomic E-state index is 0.947. The normalized spacial score (nSPS) is 31.2. The fourth-order valence-corrected chi connectivity index (χ4v) is 2.23. The Hall–Kier alpha value is -0.0400. The van der Waals surface area contributed by atoms with E-state index in [0.29, 0.717) is 0 Å². The fourth-order valence-electron chi connectivity index (χ4n) is 2.23. The third kappa shape index (κ3) is 2.22. The highest BCUT2D eigenvalue weighted by molar-refractivity contribution is 4.84. The van der Waals surface area contributed by atoms with Gasteiger partial charge in [-0.25, -0.2) is 0 Å². The molecule has 0 spiro atoms. The average Bonchev–Trinajstić information content (AvgIpc) is 2.03. The molecule has 0 amide bonds. The molecular weight excluding hydrogens is 146 g/mol. The molecule has 0 bridgehead atoms. The van der Waals surface area contributed by atoms with Gasteiger partial charge in [0, 0.05) is 0 Å². The lowest BCUT2D eigenvalue weighted by Gasteiger charge is -2.40. The summed E-state index contributed by atoms with van der Waals surface area (Å²) in [6.45, 7) is 9.29. The van der Waals surface area contributed by atoms with Crippen molar-refractivity contribution in [2.24, 2.45) is 17.8 Å². The van der Waals surface area contributed by atoms with Crippen molar-refractivity contribution in [1.82, 2.24) is 5.32 Å². The minimum atomic E-state index is 0.947. The second-order valence-corrected chi connectivity index (χ2v) is 4.19. The standard InChI is InChI=1S/C11H23N/c1-4-9(3)11-7-6-10(11)8-12-5-2/h9-12H,4-8H2,1-3H3. The molecule has 1 nitrogen and oxygen atoms in total. The zero-order valence-electron chi connectivity index (χ0n) is 8.77. The van der Waals surface area contributed by atoms with E-state index in [4.69, 9.17) is 0 Å². The third-order valence-corrected chi connectivity index (χ3v) is 3.51. The largest absolute Gasteiger partial charge is 0.317 e. The Morgan fingerprint density at radius 1 is 1.33 bits per heavy atom. The predicted octanol–water partition coefficient (Wildman–Crippen LogP) is 2.67. The number of hydrogen-bond acceptors (Lipinski definition) is 1. The van der Waals surface area contributed by atoms with Crippen LogP contribution in [0.1, 0.15) is 40.0 Å². The monoisotopic (exact) mass is 169 g/mol. The van der Waals surface area contributed by atoms with Crippen molar-refractivity contribution in [3.05, 3.63) is 0 Å². The first-order valence-corrected chi connectivity index (χ1v) is 5.50. The summed E-state index contributed by atoms with van der Waals surface area (Å²) >= 11 is 0. The Labute approximate surface area is 76.9 Å². The van der Waals surface area contributed by atoms with Gasteiger partial charge in [-0.3, -0.25) is 0 Å². The summed E-state index contributed by atoms with van der Waals surface area (Å²) in [7, 11) is 0. The Morgan fingerprint density at radius 3 is 2.50 bits per heavy atom. The molecule has 1 aliphatic carbocycles. The first kappa shape index (κ1) is 10.0.